The molecule has 0 saturated carbocycles. The lowest BCUT2D eigenvalue weighted by Crippen LogP contribution is -2.21. The van der Waals surface area contributed by atoms with E-state index in [0.29, 0.717) is 0 Å². The van der Waals surface area contributed by atoms with E-state index >= 15 is 0 Å². The number of halogens is 2. The fourth-order valence-electron chi connectivity index (χ4n) is 1.10. The summed E-state index contributed by atoms with van der Waals surface area (Å²) in [7, 11) is 0. The number of anilines is 1. The highest BCUT2D eigenvalue weighted by Gasteiger charge is 2.19. The normalized spacial score (nSPS) is 9.82. The van der Waals surface area contributed by atoms with Crippen LogP contribution in [0.2, 0.25) is 10.0 Å². The van der Waals surface area contributed by atoms with Gasteiger partial charge in [0, 0.05) is 11.9 Å². The predicted octanol–water partition coefficient (Wildman–Crippen LogP) is 2.22. The Bertz CT molecular complexity index is 513. The van der Waals surface area contributed by atoms with E-state index in [1.165, 1.54) is 12.1 Å². The summed E-state index contributed by atoms with van der Waals surface area (Å²) in [5.41, 5.74) is -0.430. The number of carbonyl (C=O) groups is 3. The Kier molecular flexibility index (Phi) is 4.09. The zero-order valence-electron chi connectivity index (χ0n) is 8.58. The first-order valence-corrected chi connectivity index (χ1v) is 5.12. The Morgan fingerprint density at radius 2 is 1.82 bits per heavy atom. The minimum absolute atomic E-state index is 0.116. The van der Waals surface area contributed by atoms with Crippen molar-refractivity contribution < 1.29 is 19.5 Å². The fourth-order valence-corrected chi connectivity index (χ4v) is 1.67. The molecule has 0 aliphatic heterocycles. The van der Waals surface area contributed by atoms with Crippen molar-refractivity contribution in [3.05, 3.63) is 27.7 Å². The number of aromatic carboxylic acids is 1. The lowest BCUT2D eigenvalue weighted by Gasteiger charge is -2.09. The van der Waals surface area contributed by atoms with Crippen molar-refractivity contribution in [3.63, 3.8) is 0 Å². The Balaban J connectivity index is 3.26. The number of Topliss-reactive ketones (excluding diaryl/α,β-unsaturated/α-hetero) is 1. The van der Waals surface area contributed by atoms with Gasteiger partial charge in [-0.25, -0.2) is 4.79 Å². The molecule has 0 fully saturated rings. The second kappa shape index (κ2) is 5.16. The molecule has 90 valence electrons. The zero-order chi connectivity index (χ0) is 13.2. The number of benzene rings is 1. The number of carboxylic acids is 1. The third-order valence-electron chi connectivity index (χ3n) is 1.84. The summed E-state index contributed by atoms with van der Waals surface area (Å²) in [6, 6.07) is 2.44. The third kappa shape index (κ3) is 3.18. The highest BCUT2D eigenvalue weighted by molar-refractivity contribution is 6.41. The van der Waals surface area contributed by atoms with E-state index in [1.54, 1.807) is 0 Å². The van der Waals surface area contributed by atoms with Gasteiger partial charge in [0.15, 0.2) is 0 Å². The van der Waals surface area contributed by atoms with Crippen LogP contribution >= 0.6 is 23.2 Å². The van der Waals surface area contributed by atoms with Gasteiger partial charge in [-0.3, -0.25) is 9.59 Å². The largest absolute Gasteiger partial charge is 0.478 e. The summed E-state index contributed by atoms with van der Waals surface area (Å²) >= 11 is 11.4. The van der Waals surface area contributed by atoms with Crippen LogP contribution in [0.15, 0.2) is 12.1 Å². The third-order valence-corrected chi connectivity index (χ3v) is 2.35. The molecular formula is C10H7Cl2NO4. The summed E-state index contributed by atoms with van der Waals surface area (Å²) in [5, 5.41) is 11.1. The number of carboxylic acid groups (broad SMARTS) is 1. The minimum Gasteiger partial charge on any atom is -0.478 e. The van der Waals surface area contributed by atoms with Crippen LogP contribution in [-0.2, 0) is 9.59 Å². The zero-order valence-corrected chi connectivity index (χ0v) is 10.1. The molecule has 17 heavy (non-hydrogen) atoms. The molecule has 2 N–H and O–H groups in total. The molecule has 0 aliphatic carbocycles. The molecular weight excluding hydrogens is 269 g/mol. The molecule has 0 aromatic heterocycles. The standard InChI is InChI=1S/C10H7Cl2NO4/c1-4(14)9(15)13-7-3-5(11)2-6(12)8(7)10(16)17/h2-3H,1H3,(H,13,15)(H,16,17). The lowest BCUT2D eigenvalue weighted by atomic mass is 10.1. The van der Waals surface area contributed by atoms with Crippen molar-refractivity contribution in [2.45, 2.75) is 6.92 Å². The molecule has 1 aromatic rings. The van der Waals surface area contributed by atoms with E-state index in [1.807, 2.05) is 0 Å². The summed E-state index contributed by atoms with van der Waals surface area (Å²) < 4.78 is 0. The molecule has 0 spiro atoms. The number of hydrogen-bond donors (Lipinski definition) is 2. The van der Waals surface area contributed by atoms with Crippen molar-refractivity contribution >= 4 is 46.5 Å². The monoisotopic (exact) mass is 275 g/mol. The SMILES string of the molecule is CC(=O)C(=O)Nc1cc(Cl)cc(Cl)c1C(=O)O. The smallest absolute Gasteiger partial charge is 0.339 e. The first-order chi connectivity index (χ1) is 7.82. The molecule has 5 nitrogen and oxygen atoms in total. The van der Waals surface area contributed by atoms with Gasteiger partial charge < -0.3 is 10.4 Å². The number of amides is 1. The van der Waals surface area contributed by atoms with Crippen LogP contribution in [0.5, 0.6) is 0 Å². The van der Waals surface area contributed by atoms with Gasteiger partial charge in [0.2, 0.25) is 5.78 Å². The molecule has 0 aliphatic rings. The highest BCUT2D eigenvalue weighted by Crippen LogP contribution is 2.29. The van der Waals surface area contributed by atoms with Crippen LogP contribution in [0.1, 0.15) is 17.3 Å². The first-order valence-electron chi connectivity index (χ1n) is 4.37. The Hall–Kier alpha value is -1.59. The molecule has 1 rings (SSSR count). The van der Waals surface area contributed by atoms with Crippen LogP contribution in [0.3, 0.4) is 0 Å². The van der Waals surface area contributed by atoms with Gasteiger partial charge in [-0.15, -0.1) is 0 Å². The van der Waals surface area contributed by atoms with Gasteiger partial charge in [0.05, 0.1) is 10.7 Å². The van der Waals surface area contributed by atoms with E-state index in [0.717, 1.165) is 6.92 Å². The average Bonchev–Trinajstić information content (AvgIpc) is 2.14. The van der Waals surface area contributed by atoms with Crippen LogP contribution < -0.4 is 5.32 Å². The molecule has 7 heteroatoms. The molecule has 1 aromatic carbocycles. The van der Waals surface area contributed by atoms with Crippen molar-refractivity contribution in [3.8, 4) is 0 Å². The van der Waals surface area contributed by atoms with Crippen molar-refractivity contribution in [1.29, 1.82) is 0 Å². The number of ketones is 1. The predicted molar refractivity (Wildman–Crippen MR) is 62.7 cm³/mol. The van der Waals surface area contributed by atoms with Gasteiger partial charge in [-0.05, 0) is 12.1 Å². The summed E-state index contributed by atoms with van der Waals surface area (Å²) in [4.78, 5) is 32.9. The van der Waals surface area contributed by atoms with E-state index in [9.17, 15) is 14.4 Å². The molecule has 1 amide bonds. The molecule has 0 bridgehead atoms. The summed E-state index contributed by atoms with van der Waals surface area (Å²) in [6.45, 7) is 1.06. The second-order valence-electron chi connectivity index (χ2n) is 3.13. The first kappa shape index (κ1) is 13.5. The molecule has 0 radical (unpaired) electrons. The summed E-state index contributed by atoms with van der Waals surface area (Å²) in [6.07, 6.45) is 0. The highest BCUT2D eigenvalue weighted by atomic mass is 35.5. The number of carbonyl (C=O) groups excluding carboxylic acids is 2. The van der Waals surface area contributed by atoms with Crippen LogP contribution in [0, 0.1) is 0 Å². The Morgan fingerprint density at radius 1 is 1.24 bits per heavy atom. The van der Waals surface area contributed by atoms with Gasteiger partial charge >= 0.3 is 5.97 Å². The van der Waals surface area contributed by atoms with Gasteiger partial charge in [-0.1, -0.05) is 23.2 Å². The Morgan fingerprint density at radius 3 is 2.29 bits per heavy atom. The van der Waals surface area contributed by atoms with E-state index in [4.69, 9.17) is 28.3 Å². The van der Waals surface area contributed by atoms with E-state index in [2.05, 4.69) is 5.32 Å². The second-order valence-corrected chi connectivity index (χ2v) is 3.97. The van der Waals surface area contributed by atoms with Crippen LogP contribution in [0.25, 0.3) is 0 Å². The van der Waals surface area contributed by atoms with Gasteiger partial charge in [0.25, 0.3) is 5.91 Å². The fraction of sp³-hybridized carbons (Fsp3) is 0.100. The maximum Gasteiger partial charge on any atom is 0.339 e. The van der Waals surface area contributed by atoms with Crippen molar-refractivity contribution in [2.24, 2.45) is 0 Å². The minimum atomic E-state index is -1.33. The molecule has 0 saturated heterocycles. The van der Waals surface area contributed by atoms with Crippen molar-refractivity contribution in [2.75, 3.05) is 5.32 Å². The van der Waals surface area contributed by atoms with E-state index < -0.39 is 17.7 Å². The average molecular weight is 276 g/mol. The van der Waals surface area contributed by atoms with Gasteiger partial charge in [-0.2, -0.15) is 0 Å². The quantitative estimate of drug-likeness (QED) is 0.829. The van der Waals surface area contributed by atoms with Gasteiger partial charge in [0.1, 0.15) is 5.56 Å². The van der Waals surface area contributed by atoms with Crippen LogP contribution in [-0.4, -0.2) is 22.8 Å². The maximum atomic E-state index is 11.2. The number of nitrogens with one attached hydrogen (secondary N) is 1. The topological polar surface area (TPSA) is 83.5 Å². The van der Waals surface area contributed by atoms with E-state index in [-0.39, 0.29) is 21.3 Å². The Labute approximate surface area is 106 Å². The lowest BCUT2D eigenvalue weighted by molar-refractivity contribution is -0.133. The maximum absolute atomic E-state index is 11.2. The number of hydrogen-bond acceptors (Lipinski definition) is 3. The molecule has 0 heterocycles. The van der Waals surface area contributed by atoms with Crippen LogP contribution in [0.4, 0.5) is 5.69 Å². The van der Waals surface area contributed by atoms with Crippen molar-refractivity contribution in [1.82, 2.24) is 0 Å². The number of rotatable bonds is 3. The summed E-state index contributed by atoms with van der Waals surface area (Å²) in [5.74, 6) is -3.02. The molecule has 0 atom stereocenters. The molecule has 0 unspecified atom stereocenters.